The molecule has 0 aliphatic heterocycles. The van der Waals surface area contributed by atoms with Crippen LogP contribution >= 0.6 is 0 Å². The molecule has 0 radical (unpaired) electrons. The number of rotatable bonds is 10. The average Bonchev–Trinajstić information content (AvgIpc) is 2.86. The summed E-state index contributed by atoms with van der Waals surface area (Å²) < 4.78 is 5.45. The maximum absolute atomic E-state index is 13.0. The van der Waals surface area contributed by atoms with Gasteiger partial charge in [-0.25, -0.2) is 0 Å². The highest BCUT2D eigenvalue weighted by Crippen LogP contribution is 2.23. The van der Waals surface area contributed by atoms with E-state index in [-0.39, 0.29) is 24.7 Å². The van der Waals surface area contributed by atoms with Gasteiger partial charge in [0.25, 0.3) is 0 Å². The number of carbonyl (C=O) groups excluding carboxylic acids is 4. The Morgan fingerprint density at radius 3 is 1.97 bits per heavy atom. The number of carbonyl (C=O) groups is 4. The van der Waals surface area contributed by atoms with E-state index in [0.717, 1.165) is 11.1 Å². The van der Waals surface area contributed by atoms with Crippen molar-refractivity contribution in [2.24, 2.45) is 0 Å². The Morgan fingerprint density at radius 2 is 1.32 bits per heavy atom. The molecule has 0 bridgehead atoms. The lowest BCUT2D eigenvalue weighted by Crippen LogP contribution is -2.40. The molecular formula is C27H26N2O5. The first-order valence-electron chi connectivity index (χ1n) is 10.8. The third kappa shape index (κ3) is 7.41. The van der Waals surface area contributed by atoms with Gasteiger partial charge in [0.15, 0.2) is 6.10 Å². The van der Waals surface area contributed by atoms with Gasteiger partial charge >= 0.3 is 5.97 Å². The predicted octanol–water partition coefficient (Wildman–Crippen LogP) is 2.94. The first-order valence-corrected chi connectivity index (χ1v) is 10.8. The van der Waals surface area contributed by atoms with Crippen LogP contribution in [0.1, 0.15) is 33.2 Å². The summed E-state index contributed by atoms with van der Waals surface area (Å²) >= 11 is 0. The van der Waals surface area contributed by atoms with Crippen molar-refractivity contribution < 1.29 is 23.9 Å². The minimum absolute atomic E-state index is 0.149. The zero-order chi connectivity index (χ0) is 24.3. The largest absolute Gasteiger partial charge is 0.448 e. The minimum atomic E-state index is -1.14. The molecule has 0 aliphatic rings. The van der Waals surface area contributed by atoms with Crippen molar-refractivity contribution in [1.82, 2.24) is 10.6 Å². The number of aryl methyl sites for hydroxylation is 1. The number of ketones is 1. The monoisotopic (exact) mass is 458 g/mol. The summed E-state index contributed by atoms with van der Waals surface area (Å²) in [6, 6.07) is 24.8. The normalized spacial score (nSPS) is 11.2. The standard InChI is InChI=1S/C27H26N2O5/c1-19-12-14-21(15-13-19)26(33)27(22-10-6-3-7-11-22)34-25(32)18-29-24(31)17-28-23(30)16-20-8-4-2-5-9-20/h2-15,27H,16-18H2,1H3,(H,28,30)(H,29,31). The summed E-state index contributed by atoms with van der Waals surface area (Å²) in [5, 5.41) is 4.91. The van der Waals surface area contributed by atoms with E-state index in [1.807, 2.05) is 49.4 Å². The Labute approximate surface area is 198 Å². The Balaban J connectivity index is 1.53. The van der Waals surface area contributed by atoms with E-state index < -0.39 is 24.5 Å². The molecule has 7 nitrogen and oxygen atoms in total. The maximum Gasteiger partial charge on any atom is 0.326 e. The van der Waals surface area contributed by atoms with Gasteiger partial charge in [0.1, 0.15) is 6.54 Å². The third-order valence-corrected chi connectivity index (χ3v) is 5.01. The predicted molar refractivity (Wildman–Crippen MR) is 127 cm³/mol. The Bertz CT molecular complexity index is 1130. The van der Waals surface area contributed by atoms with E-state index in [0.29, 0.717) is 11.1 Å². The molecule has 1 atom stereocenters. The molecule has 0 spiro atoms. The number of esters is 1. The third-order valence-electron chi connectivity index (χ3n) is 5.01. The van der Waals surface area contributed by atoms with Crippen LogP contribution < -0.4 is 10.6 Å². The molecule has 34 heavy (non-hydrogen) atoms. The molecule has 3 aromatic carbocycles. The van der Waals surface area contributed by atoms with Crippen molar-refractivity contribution in [2.45, 2.75) is 19.4 Å². The van der Waals surface area contributed by atoms with Gasteiger partial charge in [0, 0.05) is 11.1 Å². The molecule has 7 heteroatoms. The van der Waals surface area contributed by atoms with E-state index in [2.05, 4.69) is 10.6 Å². The molecule has 0 fully saturated rings. The van der Waals surface area contributed by atoms with E-state index in [9.17, 15) is 19.2 Å². The second-order valence-corrected chi connectivity index (χ2v) is 7.73. The Morgan fingerprint density at radius 1 is 0.735 bits per heavy atom. The molecule has 174 valence electrons. The van der Waals surface area contributed by atoms with Crippen molar-refractivity contribution in [1.29, 1.82) is 0 Å². The molecule has 2 N–H and O–H groups in total. The summed E-state index contributed by atoms with van der Waals surface area (Å²) in [6.07, 6.45) is -0.991. The zero-order valence-corrected chi connectivity index (χ0v) is 18.8. The van der Waals surface area contributed by atoms with Crippen LogP contribution in [0.5, 0.6) is 0 Å². The molecule has 0 aromatic heterocycles. The van der Waals surface area contributed by atoms with Crippen molar-refractivity contribution in [3.05, 3.63) is 107 Å². The lowest BCUT2D eigenvalue weighted by Gasteiger charge is -2.18. The van der Waals surface area contributed by atoms with Crippen LogP contribution in [-0.2, 0) is 25.5 Å². The minimum Gasteiger partial charge on any atom is -0.448 e. The van der Waals surface area contributed by atoms with Gasteiger partial charge in [-0.3, -0.25) is 19.2 Å². The van der Waals surface area contributed by atoms with Crippen molar-refractivity contribution in [3.8, 4) is 0 Å². The maximum atomic E-state index is 13.0. The van der Waals surface area contributed by atoms with Gasteiger partial charge in [-0.15, -0.1) is 0 Å². The first-order chi connectivity index (χ1) is 16.4. The topological polar surface area (TPSA) is 102 Å². The van der Waals surface area contributed by atoms with Crippen LogP contribution in [0, 0.1) is 6.92 Å². The molecule has 1 unspecified atom stereocenters. The highest BCUT2D eigenvalue weighted by Gasteiger charge is 2.26. The summed E-state index contributed by atoms with van der Waals surface area (Å²) in [6.45, 7) is 1.21. The van der Waals surface area contributed by atoms with Gasteiger partial charge in [-0.2, -0.15) is 0 Å². The fourth-order valence-corrected chi connectivity index (χ4v) is 3.20. The lowest BCUT2D eigenvalue weighted by atomic mass is 9.99. The molecule has 3 rings (SSSR count). The summed E-state index contributed by atoms with van der Waals surface area (Å²) in [4.78, 5) is 49.5. The summed E-state index contributed by atoms with van der Waals surface area (Å²) in [5.74, 6) is -1.98. The van der Waals surface area contributed by atoms with E-state index in [4.69, 9.17) is 4.74 Å². The Hall–Kier alpha value is -4.26. The number of hydrogen-bond donors (Lipinski definition) is 2. The number of ether oxygens (including phenoxy) is 1. The number of hydrogen-bond acceptors (Lipinski definition) is 5. The molecule has 0 heterocycles. The van der Waals surface area contributed by atoms with Crippen LogP contribution in [-0.4, -0.2) is 36.7 Å². The first kappa shape index (κ1) is 24.4. The molecule has 0 saturated heterocycles. The smallest absolute Gasteiger partial charge is 0.326 e. The van der Waals surface area contributed by atoms with E-state index in [1.165, 1.54) is 0 Å². The fourth-order valence-electron chi connectivity index (χ4n) is 3.20. The van der Waals surface area contributed by atoms with E-state index in [1.54, 1.807) is 42.5 Å². The van der Waals surface area contributed by atoms with Gasteiger partial charge in [-0.05, 0) is 12.5 Å². The number of benzene rings is 3. The highest BCUT2D eigenvalue weighted by atomic mass is 16.5. The zero-order valence-electron chi connectivity index (χ0n) is 18.8. The fraction of sp³-hybridized carbons (Fsp3) is 0.185. The lowest BCUT2D eigenvalue weighted by molar-refractivity contribution is -0.147. The molecule has 3 aromatic rings. The van der Waals surface area contributed by atoms with Gasteiger partial charge in [0.2, 0.25) is 17.6 Å². The van der Waals surface area contributed by atoms with Gasteiger partial charge < -0.3 is 15.4 Å². The number of nitrogens with one attached hydrogen (secondary N) is 2. The van der Waals surface area contributed by atoms with Crippen LogP contribution in [0.15, 0.2) is 84.9 Å². The van der Waals surface area contributed by atoms with Gasteiger partial charge in [0.05, 0.1) is 13.0 Å². The molecular weight excluding hydrogens is 432 g/mol. The number of amides is 2. The van der Waals surface area contributed by atoms with Crippen molar-refractivity contribution in [2.75, 3.05) is 13.1 Å². The highest BCUT2D eigenvalue weighted by molar-refractivity contribution is 6.01. The summed E-state index contributed by atoms with van der Waals surface area (Å²) in [5.41, 5.74) is 2.77. The van der Waals surface area contributed by atoms with Crippen LogP contribution in [0.25, 0.3) is 0 Å². The molecule has 0 saturated carbocycles. The van der Waals surface area contributed by atoms with E-state index >= 15 is 0 Å². The Kier molecular flexibility index (Phi) is 8.68. The molecule has 2 amide bonds. The van der Waals surface area contributed by atoms with Crippen LogP contribution in [0.3, 0.4) is 0 Å². The SMILES string of the molecule is Cc1ccc(C(=O)C(OC(=O)CNC(=O)CNC(=O)Cc2ccccc2)c2ccccc2)cc1. The van der Waals surface area contributed by atoms with Crippen LogP contribution in [0.2, 0.25) is 0 Å². The van der Waals surface area contributed by atoms with Crippen molar-refractivity contribution in [3.63, 3.8) is 0 Å². The summed E-state index contributed by atoms with van der Waals surface area (Å²) in [7, 11) is 0. The van der Waals surface area contributed by atoms with Crippen LogP contribution in [0.4, 0.5) is 0 Å². The van der Waals surface area contributed by atoms with Crippen molar-refractivity contribution >= 4 is 23.6 Å². The van der Waals surface area contributed by atoms with Gasteiger partial charge in [-0.1, -0.05) is 90.5 Å². The average molecular weight is 459 g/mol. The second-order valence-electron chi connectivity index (χ2n) is 7.73. The quantitative estimate of drug-likeness (QED) is 0.359. The number of Topliss-reactive ketones (excluding diaryl/α,β-unsaturated/α-hetero) is 1. The second kappa shape index (κ2) is 12.1. The molecule has 0 aliphatic carbocycles.